The van der Waals surface area contributed by atoms with Crippen LogP contribution in [0.25, 0.3) is 0 Å². The highest BCUT2D eigenvalue weighted by Gasteiger charge is 2.25. The highest BCUT2D eigenvalue weighted by molar-refractivity contribution is 5.50. The molecule has 0 aliphatic rings. The van der Waals surface area contributed by atoms with Gasteiger partial charge in [-0.2, -0.15) is 0 Å². The number of aliphatic hydroxyl groups excluding tert-OH is 1. The zero-order valence-corrected chi connectivity index (χ0v) is 12.0. The fourth-order valence-corrected chi connectivity index (χ4v) is 2.21. The van der Waals surface area contributed by atoms with E-state index >= 15 is 0 Å². The van der Waals surface area contributed by atoms with Crippen molar-refractivity contribution in [2.75, 3.05) is 14.2 Å². The number of rotatable bonds is 4. The van der Waals surface area contributed by atoms with E-state index in [1.54, 1.807) is 12.1 Å². The van der Waals surface area contributed by atoms with Gasteiger partial charge in [-0.15, -0.1) is 0 Å². The van der Waals surface area contributed by atoms with Gasteiger partial charge >= 0.3 is 0 Å². The Labute approximate surface area is 121 Å². The van der Waals surface area contributed by atoms with E-state index in [0.717, 1.165) is 6.07 Å². The molecule has 0 amide bonds. The van der Waals surface area contributed by atoms with Crippen LogP contribution >= 0.6 is 0 Å². The Balaban J connectivity index is 2.61. The third kappa shape index (κ3) is 2.69. The van der Waals surface area contributed by atoms with E-state index in [1.807, 2.05) is 0 Å². The molecule has 0 saturated carbocycles. The zero-order chi connectivity index (χ0) is 15.6. The summed E-state index contributed by atoms with van der Waals surface area (Å²) in [5.41, 5.74) is 0.0918. The second-order valence-corrected chi connectivity index (χ2v) is 4.58. The van der Waals surface area contributed by atoms with E-state index in [-0.39, 0.29) is 16.9 Å². The summed E-state index contributed by atoms with van der Waals surface area (Å²) in [5.74, 6) is -0.960. The largest absolute Gasteiger partial charge is 0.493 e. The van der Waals surface area contributed by atoms with Crippen molar-refractivity contribution in [3.63, 3.8) is 0 Å². The van der Waals surface area contributed by atoms with Crippen LogP contribution in [0, 0.1) is 18.6 Å². The summed E-state index contributed by atoms with van der Waals surface area (Å²) in [6.07, 6.45) is -1.49. The summed E-state index contributed by atoms with van der Waals surface area (Å²) in [4.78, 5) is 0. The van der Waals surface area contributed by atoms with Crippen molar-refractivity contribution < 1.29 is 23.4 Å². The van der Waals surface area contributed by atoms with Gasteiger partial charge in [0.25, 0.3) is 0 Å². The van der Waals surface area contributed by atoms with E-state index in [9.17, 15) is 13.9 Å². The van der Waals surface area contributed by atoms with Crippen LogP contribution in [0.2, 0.25) is 0 Å². The topological polar surface area (TPSA) is 38.7 Å². The molecule has 0 aliphatic carbocycles. The van der Waals surface area contributed by atoms with Crippen molar-refractivity contribution >= 4 is 0 Å². The first-order valence-electron chi connectivity index (χ1n) is 6.34. The third-order valence-corrected chi connectivity index (χ3v) is 3.32. The molecule has 21 heavy (non-hydrogen) atoms. The van der Waals surface area contributed by atoms with Crippen LogP contribution in [-0.4, -0.2) is 19.3 Å². The molecule has 1 N–H and O–H groups in total. The average molecular weight is 294 g/mol. The minimum absolute atomic E-state index is 0.236. The molecule has 0 bridgehead atoms. The molecule has 1 unspecified atom stereocenters. The van der Waals surface area contributed by atoms with Gasteiger partial charge in [0.2, 0.25) is 0 Å². The van der Waals surface area contributed by atoms with Crippen LogP contribution in [0.3, 0.4) is 0 Å². The van der Waals surface area contributed by atoms with Crippen molar-refractivity contribution in [3.8, 4) is 11.5 Å². The van der Waals surface area contributed by atoms with Gasteiger partial charge in [-0.25, -0.2) is 8.78 Å². The molecule has 112 valence electrons. The predicted octanol–water partition coefficient (Wildman–Crippen LogP) is 3.37. The van der Waals surface area contributed by atoms with Crippen molar-refractivity contribution in [2.45, 2.75) is 13.0 Å². The average Bonchev–Trinajstić information content (AvgIpc) is 2.50. The Morgan fingerprint density at radius 1 is 1.05 bits per heavy atom. The van der Waals surface area contributed by atoms with Crippen molar-refractivity contribution in [1.29, 1.82) is 0 Å². The summed E-state index contributed by atoms with van der Waals surface area (Å²) >= 11 is 0. The maximum Gasteiger partial charge on any atom is 0.166 e. The van der Waals surface area contributed by atoms with Gasteiger partial charge in [-0.05, 0) is 24.6 Å². The first-order valence-corrected chi connectivity index (χ1v) is 6.34. The molecular weight excluding hydrogens is 278 g/mol. The van der Waals surface area contributed by atoms with Crippen LogP contribution in [0.15, 0.2) is 30.3 Å². The maximum absolute atomic E-state index is 14.1. The summed E-state index contributed by atoms with van der Waals surface area (Å²) < 4.78 is 38.4. The molecule has 0 heterocycles. The number of methoxy groups -OCH3 is 2. The quantitative estimate of drug-likeness (QED) is 0.939. The molecule has 0 aromatic heterocycles. The first kappa shape index (κ1) is 15.3. The fourth-order valence-electron chi connectivity index (χ4n) is 2.21. The van der Waals surface area contributed by atoms with Gasteiger partial charge in [0.05, 0.1) is 19.8 Å². The van der Waals surface area contributed by atoms with Crippen LogP contribution in [0.4, 0.5) is 8.78 Å². The van der Waals surface area contributed by atoms with Crippen molar-refractivity contribution in [1.82, 2.24) is 0 Å². The lowest BCUT2D eigenvalue weighted by Crippen LogP contribution is -2.09. The van der Waals surface area contributed by atoms with E-state index in [1.165, 1.54) is 33.3 Å². The van der Waals surface area contributed by atoms with E-state index in [4.69, 9.17) is 9.47 Å². The van der Waals surface area contributed by atoms with Crippen LogP contribution in [0.1, 0.15) is 22.8 Å². The number of para-hydroxylation sites is 1. The Hall–Kier alpha value is -2.14. The smallest absolute Gasteiger partial charge is 0.166 e. The number of aliphatic hydroxyl groups is 1. The molecule has 0 aliphatic heterocycles. The Morgan fingerprint density at radius 2 is 1.76 bits per heavy atom. The van der Waals surface area contributed by atoms with Gasteiger partial charge < -0.3 is 14.6 Å². The molecule has 1 atom stereocenters. The fraction of sp³-hybridized carbons (Fsp3) is 0.250. The number of hydrogen-bond acceptors (Lipinski definition) is 3. The lowest BCUT2D eigenvalue weighted by molar-refractivity contribution is 0.202. The normalized spacial score (nSPS) is 12.1. The summed E-state index contributed by atoms with van der Waals surface area (Å²) in [6, 6.07) is 7.24. The summed E-state index contributed by atoms with van der Waals surface area (Å²) in [7, 11) is 2.85. The van der Waals surface area contributed by atoms with Crippen LogP contribution in [-0.2, 0) is 0 Å². The molecule has 2 aromatic carbocycles. The summed E-state index contributed by atoms with van der Waals surface area (Å²) in [6.45, 7) is 1.51. The zero-order valence-electron chi connectivity index (χ0n) is 12.0. The van der Waals surface area contributed by atoms with Gasteiger partial charge in [0, 0.05) is 5.56 Å². The molecule has 5 heteroatoms. The summed E-state index contributed by atoms with van der Waals surface area (Å²) in [5, 5.41) is 10.4. The van der Waals surface area contributed by atoms with Gasteiger partial charge in [-0.1, -0.05) is 18.2 Å². The lowest BCUT2D eigenvalue weighted by atomic mass is 9.97. The molecule has 0 fully saturated rings. The molecule has 0 saturated heterocycles. The minimum atomic E-state index is -1.49. The highest BCUT2D eigenvalue weighted by Crippen LogP contribution is 2.38. The van der Waals surface area contributed by atoms with Gasteiger partial charge in [0.1, 0.15) is 17.7 Å². The second-order valence-electron chi connectivity index (χ2n) is 4.58. The van der Waals surface area contributed by atoms with Crippen molar-refractivity contribution in [3.05, 3.63) is 58.7 Å². The number of hydrogen-bond donors (Lipinski definition) is 1. The molecule has 0 spiro atoms. The lowest BCUT2D eigenvalue weighted by Gasteiger charge is -2.18. The van der Waals surface area contributed by atoms with E-state index in [2.05, 4.69) is 0 Å². The van der Waals surface area contributed by atoms with Gasteiger partial charge in [0.15, 0.2) is 11.5 Å². The predicted molar refractivity (Wildman–Crippen MR) is 74.7 cm³/mol. The van der Waals surface area contributed by atoms with E-state index < -0.39 is 23.3 Å². The van der Waals surface area contributed by atoms with E-state index in [0.29, 0.717) is 5.75 Å². The molecular formula is C16H16F2O3. The van der Waals surface area contributed by atoms with Crippen molar-refractivity contribution in [2.24, 2.45) is 0 Å². The van der Waals surface area contributed by atoms with Crippen LogP contribution in [0.5, 0.6) is 11.5 Å². The monoisotopic (exact) mass is 294 g/mol. The molecule has 3 nitrogen and oxygen atoms in total. The maximum atomic E-state index is 14.1. The van der Waals surface area contributed by atoms with Gasteiger partial charge in [-0.3, -0.25) is 0 Å². The highest BCUT2D eigenvalue weighted by atomic mass is 19.1. The molecule has 0 radical (unpaired) electrons. The Kier molecular flexibility index (Phi) is 4.43. The Morgan fingerprint density at radius 3 is 2.38 bits per heavy atom. The number of ether oxygens (including phenoxy) is 2. The third-order valence-electron chi connectivity index (χ3n) is 3.32. The second kappa shape index (κ2) is 6.10. The standard InChI is InChI=1S/C16H16F2O3/c1-9-7-8-11(17)13(14(9)18)15(19)10-5-4-6-12(20-2)16(10)21-3/h4-8,15,19H,1-3H3. The Bertz CT molecular complexity index is 656. The SMILES string of the molecule is COc1cccc(C(O)c2c(F)ccc(C)c2F)c1OC. The molecule has 2 rings (SSSR count). The number of aryl methyl sites for hydroxylation is 1. The molecule has 2 aromatic rings. The first-order chi connectivity index (χ1) is 10.0. The number of benzene rings is 2. The van der Waals surface area contributed by atoms with Crippen LogP contribution < -0.4 is 9.47 Å². The number of halogens is 2. The minimum Gasteiger partial charge on any atom is -0.493 e.